The number of aryl methyl sites for hydroxylation is 1. The van der Waals surface area contributed by atoms with E-state index >= 15 is 0 Å². The summed E-state index contributed by atoms with van der Waals surface area (Å²) in [6, 6.07) is 34.0. The van der Waals surface area contributed by atoms with Crippen LogP contribution < -0.4 is 0 Å². The van der Waals surface area contributed by atoms with E-state index in [1.165, 1.54) is 11.1 Å². The molecular formula is C28H22N2O2S. The van der Waals surface area contributed by atoms with Crippen LogP contribution in [0, 0.1) is 10.1 Å². The average Bonchev–Trinajstić information content (AvgIpc) is 3.27. The second-order valence-electron chi connectivity index (χ2n) is 7.98. The first kappa shape index (κ1) is 21.0. The maximum atomic E-state index is 11.4. The van der Waals surface area contributed by atoms with Crippen molar-refractivity contribution in [3.05, 3.63) is 129 Å². The van der Waals surface area contributed by atoms with E-state index in [1.807, 2.05) is 36.4 Å². The summed E-state index contributed by atoms with van der Waals surface area (Å²) in [6.07, 6.45) is 1.83. The molecule has 33 heavy (non-hydrogen) atoms. The van der Waals surface area contributed by atoms with Crippen molar-refractivity contribution in [2.45, 2.75) is 18.8 Å². The fourth-order valence-electron chi connectivity index (χ4n) is 4.29. The number of thiazole rings is 1. The summed E-state index contributed by atoms with van der Waals surface area (Å²) >= 11 is 1.70. The Hall–Kier alpha value is -3.83. The van der Waals surface area contributed by atoms with Gasteiger partial charge in [-0.2, -0.15) is 0 Å². The van der Waals surface area contributed by atoms with Gasteiger partial charge in [-0.15, -0.1) is 11.3 Å². The molecule has 4 aromatic carbocycles. The molecule has 0 bridgehead atoms. The number of nitrogens with zero attached hydrogens (tertiary/aromatic N) is 2. The molecule has 0 saturated carbocycles. The SMILES string of the molecule is O=[N+]([O-])c1ccccc1-c1ccc2sc(CCC(c3ccccc3)c3ccccc3)nc2c1. The topological polar surface area (TPSA) is 56.0 Å². The third kappa shape index (κ3) is 4.54. The maximum Gasteiger partial charge on any atom is 0.277 e. The summed E-state index contributed by atoms with van der Waals surface area (Å²) < 4.78 is 1.10. The van der Waals surface area contributed by atoms with E-state index < -0.39 is 0 Å². The summed E-state index contributed by atoms with van der Waals surface area (Å²) in [5.74, 6) is 0.307. The summed E-state index contributed by atoms with van der Waals surface area (Å²) in [7, 11) is 0. The second kappa shape index (κ2) is 9.35. The van der Waals surface area contributed by atoms with Crippen LogP contribution in [0.4, 0.5) is 5.69 Å². The van der Waals surface area contributed by atoms with Crippen molar-refractivity contribution < 1.29 is 4.92 Å². The molecule has 0 spiro atoms. The molecule has 0 amide bonds. The zero-order valence-corrected chi connectivity index (χ0v) is 18.7. The zero-order chi connectivity index (χ0) is 22.6. The predicted molar refractivity (Wildman–Crippen MR) is 135 cm³/mol. The van der Waals surface area contributed by atoms with Gasteiger partial charge in [0.05, 0.1) is 25.7 Å². The van der Waals surface area contributed by atoms with E-state index in [1.54, 1.807) is 29.5 Å². The van der Waals surface area contributed by atoms with Crippen LogP contribution in [0.5, 0.6) is 0 Å². The van der Waals surface area contributed by atoms with Gasteiger partial charge >= 0.3 is 0 Å². The molecule has 0 aliphatic heterocycles. The molecule has 0 atom stereocenters. The van der Waals surface area contributed by atoms with E-state index in [0.29, 0.717) is 11.5 Å². The summed E-state index contributed by atoms with van der Waals surface area (Å²) in [6.45, 7) is 0. The van der Waals surface area contributed by atoms with Gasteiger partial charge < -0.3 is 0 Å². The van der Waals surface area contributed by atoms with Gasteiger partial charge in [-0.1, -0.05) is 78.9 Å². The van der Waals surface area contributed by atoms with Crippen LogP contribution in [0.15, 0.2) is 103 Å². The molecule has 0 saturated heterocycles. The van der Waals surface area contributed by atoms with Crippen molar-refractivity contribution in [1.29, 1.82) is 0 Å². The van der Waals surface area contributed by atoms with Crippen molar-refractivity contribution >= 4 is 27.2 Å². The lowest BCUT2D eigenvalue weighted by molar-refractivity contribution is -0.384. The average molecular weight is 451 g/mol. The van der Waals surface area contributed by atoms with Crippen LogP contribution in [-0.2, 0) is 6.42 Å². The summed E-state index contributed by atoms with van der Waals surface area (Å²) in [4.78, 5) is 16.0. The Balaban J connectivity index is 1.42. The van der Waals surface area contributed by atoms with Gasteiger partial charge in [0, 0.05) is 18.4 Å². The first-order valence-electron chi connectivity index (χ1n) is 10.9. The standard InChI is InChI=1S/C28H22N2O2S/c31-30(32)26-14-8-7-13-24(26)22-15-17-27-25(19-22)29-28(33-27)18-16-23(20-9-3-1-4-10-20)21-11-5-2-6-12-21/h1-15,17,19,23H,16,18H2. The van der Waals surface area contributed by atoms with Gasteiger partial charge in [0.1, 0.15) is 0 Å². The smallest absolute Gasteiger partial charge is 0.258 e. The number of benzene rings is 4. The fraction of sp³-hybridized carbons (Fsp3) is 0.107. The lowest BCUT2D eigenvalue weighted by Crippen LogP contribution is -2.03. The Morgan fingerprint density at radius 3 is 2.12 bits per heavy atom. The molecular weight excluding hydrogens is 428 g/mol. The monoisotopic (exact) mass is 450 g/mol. The highest BCUT2D eigenvalue weighted by Crippen LogP contribution is 2.34. The Bertz CT molecular complexity index is 1360. The molecule has 0 radical (unpaired) electrons. The Kier molecular flexibility index (Phi) is 5.96. The molecule has 4 nitrogen and oxygen atoms in total. The first-order valence-corrected chi connectivity index (χ1v) is 11.7. The molecule has 5 aromatic rings. The van der Waals surface area contributed by atoms with Crippen LogP contribution in [-0.4, -0.2) is 9.91 Å². The van der Waals surface area contributed by atoms with Crippen molar-refractivity contribution in [1.82, 2.24) is 4.98 Å². The van der Waals surface area contributed by atoms with E-state index in [4.69, 9.17) is 4.98 Å². The highest BCUT2D eigenvalue weighted by molar-refractivity contribution is 7.18. The number of hydrogen-bond donors (Lipinski definition) is 0. The van der Waals surface area contributed by atoms with Crippen LogP contribution in [0.1, 0.15) is 28.5 Å². The molecule has 0 aliphatic rings. The van der Waals surface area contributed by atoms with Gasteiger partial charge in [-0.05, 0) is 41.3 Å². The number of rotatable bonds is 7. The number of aromatic nitrogens is 1. The molecule has 0 N–H and O–H groups in total. The van der Waals surface area contributed by atoms with E-state index in [0.717, 1.165) is 33.6 Å². The number of para-hydroxylation sites is 1. The summed E-state index contributed by atoms with van der Waals surface area (Å²) in [5.41, 5.74) is 5.06. The number of nitro groups is 1. The van der Waals surface area contributed by atoms with Gasteiger partial charge in [0.15, 0.2) is 0 Å². The van der Waals surface area contributed by atoms with Gasteiger partial charge in [0.2, 0.25) is 0 Å². The molecule has 5 heteroatoms. The third-order valence-corrected chi connectivity index (χ3v) is 6.99. The Labute approximate surface area is 196 Å². The fourth-order valence-corrected chi connectivity index (χ4v) is 5.25. The minimum Gasteiger partial charge on any atom is -0.258 e. The quantitative estimate of drug-likeness (QED) is 0.189. The van der Waals surface area contributed by atoms with Crippen LogP contribution in [0.3, 0.4) is 0 Å². The lowest BCUT2D eigenvalue weighted by atomic mass is 9.87. The molecule has 1 aromatic heterocycles. The van der Waals surface area contributed by atoms with E-state index in [9.17, 15) is 10.1 Å². The largest absolute Gasteiger partial charge is 0.277 e. The normalized spacial score (nSPS) is 11.2. The first-order chi connectivity index (χ1) is 16.2. The Morgan fingerprint density at radius 1 is 0.818 bits per heavy atom. The van der Waals surface area contributed by atoms with Crippen molar-refractivity contribution in [3.63, 3.8) is 0 Å². The minimum absolute atomic E-state index is 0.112. The molecule has 162 valence electrons. The highest BCUT2D eigenvalue weighted by Gasteiger charge is 2.17. The highest BCUT2D eigenvalue weighted by atomic mass is 32.1. The maximum absolute atomic E-state index is 11.4. The molecule has 1 heterocycles. The molecule has 0 unspecified atom stereocenters. The minimum atomic E-state index is -0.334. The number of hydrogen-bond acceptors (Lipinski definition) is 4. The molecule has 0 aliphatic carbocycles. The van der Waals surface area contributed by atoms with E-state index in [-0.39, 0.29) is 10.6 Å². The van der Waals surface area contributed by atoms with Gasteiger partial charge in [-0.25, -0.2) is 4.98 Å². The van der Waals surface area contributed by atoms with Gasteiger partial charge in [-0.3, -0.25) is 10.1 Å². The molecule has 5 rings (SSSR count). The number of fused-ring (bicyclic) bond motifs is 1. The number of nitro benzene ring substituents is 1. The molecule has 0 fully saturated rings. The van der Waals surface area contributed by atoms with E-state index in [2.05, 4.69) is 48.5 Å². The Morgan fingerprint density at radius 2 is 1.45 bits per heavy atom. The lowest BCUT2D eigenvalue weighted by Gasteiger charge is -2.17. The van der Waals surface area contributed by atoms with Gasteiger partial charge in [0.25, 0.3) is 5.69 Å². The van der Waals surface area contributed by atoms with Crippen molar-refractivity contribution in [2.75, 3.05) is 0 Å². The third-order valence-electron chi connectivity index (χ3n) is 5.89. The van der Waals surface area contributed by atoms with Crippen LogP contribution in [0.2, 0.25) is 0 Å². The van der Waals surface area contributed by atoms with Crippen molar-refractivity contribution in [3.8, 4) is 11.1 Å². The zero-order valence-electron chi connectivity index (χ0n) is 17.9. The van der Waals surface area contributed by atoms with Crippen LogP contribution in [0.25, 0.3) is 21.3 Å². The van der Waals surface area contributed by atoms with Crippen LogP contribution >= 0.6 is 11.3 Å². The second-order valence-corrected chi connectivity index (χ2v) is 9.09. The summed E-state index contributed by atoms with van der Waals surface area (Å²) in [5, 5.41) is 12.5. The predicted octanol–water partition coefficient (Wildman–Crippen LogP) is 7.64. The van der Waals surface area contributed by atoms with Crippen molar-refractivity contribution in [2.24, 2.45) is 0 Å².